The lowest BCUT2D eigenvalue weighted by atomic mass is 10.1. The van der Waals surface area contributed by atoms with Crippen LogP contribution in [-0.4, -0.2) is 10.4 Å². The van der Waals surface area contributed by atoms with E-state index in [4.69, 9.17) is 0 Å². The van der Waals surface area contributed by atoms with Crippen LogP contribution in [0.1, 0.15) is 19.3 Å². The lowest BCUT2D eigenvalue weighted by molar-refractivity contribution is -0.00449. The topological polar surface area (TPSA) is 0 Å². The summed E-state index contributed by atoms with van der Waals surface area (Å²) >= 11 is 2.10. The Labute approximate surface area is 73.8 Å². The fourth-order valence-electron chi connectivity index (χ4n) is 0.639. The van der Waals surface area contributed by atoms with Crippen molar-refractivity contribution in [2.24, 2.45) is 0 Å². The first-order valence-corrected chi connectivity index (χ1v) is 4.69. The number of alkyl halides is 3. The summed E-state index contributed by atoms with van der Waals surface area (Å²) in [6.45, 7) is 3.27. The maximum Gasteiger partial charge on any atom is 0.251 e. The Morgan fingerprint density at radius 1 is 1.50 bits per heavy atom. The van der Waals surface area contributed by atoms with E-state index >= 15 is 0 Å². The molecular formula is C7H11F2I. The van der Waals surface area contributed by atoms with Gasteiger partial charge in [-0.05, 0) is 10.8 Å². The predicted molar refractivity (Wildman–Crippen MR) is 47.9 cm³/mol. The van der Waals surface area contributed by atoms with Crippen LogP contribution in [0.5, 0.6) is 0 Å². The Bertz CT molecular complexity index is 102. The van der Waals surface area contributed by atoms with E-state index in [1.807, 2.05) is 0 Å². The number of rotatable bonds is 5. The van der Waals surface area contributed by atoms with Gasteiger partial charge in [0.15, 0.2) is 0 Å². The molecule has 0 heterocycles. The van der Waals surface area contributed by atoms with Crippen LogP contribution >= 0.6 is 22.6 Å². The van der Waals surface area contributed by atoms with Crippen molar-refractivity contribution in [3.63, 3.8) is 0 Å². The molecular weight excluding hydrogens is 249 g/mol. The van der Waals surface area contributed by atoms with Gasteiger partial charge in [-0.25, -0.2) is 8.78 Å². The zero-order valence-electron chi connectivity index (χ0n) is 5.75. The lowest BCUT2D eigenvalue weighted by Crippen LogP contribution is -2.14. The van der Waals surface area contributed by atoms with E-state index in [1.54, 1.807) is 0 Å². The standard InChI is InChI=1S/C7H11F2I/c1-2-4-7(8,9)5-3-6-10/h2H,1,3-6H2. The van der Waals surface area contributed by atoms with Crippen molar-refractivity contribution in [1.29, 1.82) is 0 Å². The van der Waals surface area contributed by atoms with Gasteiger partial charge in [-0.1, -0.05) is 28.7 Å². The molecule has 0 radical (unpaired) electrons. The number of hydrogen-bond acceptors (Lipinski definition) is 0. The predicted octanol–water partition coefficient (Wildman–Crippen LogP) is 3.41. The molecule has 0 unspecified atom stereocenters. The molecule has 0 amide bonds. The Balaban J connectivity index is 3.51. The minimum absolute atomic E-state index is 0.0119. The Morgan fingerprint density at radius 3 is 2.50 bits per heavy atom. The Morgan fingerprint density at radius 2 is 2.10 bits per heavy atom. The van der Waals surface area contributed by atoms with Crippen LogP contribution < -0.4 is 0 Å². The first-order valence-electron chi connectivity index (χ1n) is 3.17. The molecule has 0 bridgehead atoms. The number of allylic oxidation sites excluding steroid dienone is 1. The molecule has 0 aromatic carbocycles. The van der Waals surface area contributed by atoms with Crippen LogP contribution in [-0.2, 0) is 0 Å². The highest BCUT2D eigenvalue weighted by atomic mass is 127. The van der Waals surface area contributed by atoms with Crippen molar-refractivity contribution in [1.82, 2.24) is 0 Å². The van der Waals surface area contributed by atoms with Gasteiger partial charge in [0, 0.05) is 12.8 Å². The van der Waals surface area contributed by atoms with E-state index < -0.39 is 5.92 Å². The van der Waals surface area contributed by atoms with E-state index in [9.17, 15) is 8.78 Å². The van der Waals surface area contributed by atoms with Crippen molar-refractivity contribution in [2.45, 2.75) is 25.2 Å². The third-order valence-corrected chi connectivity index (χ3v) is 1.88. The molecule has 0 saturated carbocycles. The Kier molecular flexibility index (Phi) is 5.21. The molecule has 0 aromatic heterocycles. The summed E-state index contributed by atoms with van der Waals surface area (Å²) < 4.78 is 25.9. The number of halogens is 3. The molecule has 0 nitrogen and oxygen atoms in total. The van der Waals surface area contributed by atoms with Crippen LogP contribution in [0.15, 0.2) is 12.7 Å². The summed E-state index contributed by atoms with van der Waals surface area (Å²) in [5, 5.41) is 0. The van der Waals surface area contributed by atoms with Crippen LogP contribution in [0.3, 0.4) is 0 Å². The smallest absolute Gasteiger partial charge is 0.207 e. The van der Waals surface area contributed by atoms with Gasteiger partial charge >= 0.3 is 0 Å². The highest BCUT2D eigenvalue weighted by Crippen LogP contribution is 2.24. The zero-order valence-corrected chi connectivity index (χ0v) is 7.90. The van der Waals surface area contributed by atoms with Gasteiger partial charge in [-0.15, -0.1) is 6.58 Å². The van der Waals surface area contributed by atoms with E-state index in [1.165, 1.54) is 6.08 Å². The number of hydrogen-bond donors (Lipinski definition) is 0. The molecule has 3 heteroatoms. The van der Waals surface area contributed by atoms with E-state index in [0.29, 0.717) is 6.42 Å². The lowest BCUT2D eigenvalue weighted by Gasteiger charge is -2.12. The van der Waals surface area contributed by atoms with Gasteiger partial charge in [0.1, 0.15) is 0 Å². The first kappa shape index (κ1) is 10.3. The molecule has 10 heavy (non-hydrogen) atoms. The van der Waals surface area contributed by atoms with Crippen molar-refractivity contribution in [2.75, 3.05) is 4.43 Å². The van der Waals surface area contributed by atoms with E-state index in [2.05, 4.69) is 29.2 Å². The molecule has 0 aromatic rings. The summed E-state index contributed by atoms with van der Waals surface area (Å²) in [6, 6.07) is 0. The highest BCUT2D eigenvalue weighted by molar-refractivity contribution is 14.1. The average molecular weight is 260 g/mol. The second kappa shape index (κ2) is 5.04. The van der Waals surface area contributed by atoms with Crippen molar-refractivity contribution in [3.05, 3.63) is 12.7 Å². The fourth-order valence-corrected chi connectivity index (χ4v) is 1.02. The van der Waals surface area contributed by atoms with Crippen LogP contribution in [0.4, 0.5) is 8.78 Å². The third kappa shape index (κ3) is 5.14. The average Bonchev–Trinajstić information content (AvgIpc) is 1.84. The van der Waals surface area contributed by atoms with Crippen LogP contribution in [0, 0.1) is 0 Å². The second-order valence-corrected chi connectivity index (χ2v) is 3.22. The van der Waals surface area contributed by atoms with Gasteiger partial charge in [-0.3, -0.25) is 0 Å². The van der Waals surface area contributed by atoms with Gasteiger partial charge in [0.25, 0.3) is 5.92 Å². The molecule has 0 aliphatic rings. The molecule has 0 atom stereocenters. The molecule has 0 spiro atoms. The maximum atomic E-state index is 12.5. The minimum atomic E-state index is -2.52. The second-order valence-electron chi connectivity index (χ2n) is 2.14. The van der Waals surface area contributed by atoms with E-state index in [-0.39, 0.29) is 12.8 Å². The summed E-state index contributed by atoms with van der Waals surface area (Å²) in [5.74, 6) is -2.52. The normalized spacial score (nSPS) is 11.5. The molecule has 0 fully saturated rings. The molecule has 60 valence electrons. The van der Waals surface area contributed by atoms with Gasteiger partial charge in [0.2, 0.25) is 0 Å². The largest absolute Gasteiger partial charge is 0.251 e. The van der Waals surface area contributed by atoms with Gasteiger partial charge in [-0.2, -0.15) is 0 Å². The van der Waals surface area contributed by atoms with Crippen molar-refractivity contribution >= 4 is 22.6 Å². The minimum Gasteiger partial charge on any atom is -0.207 e. The zero-order chi connectivity index (χ0) is 8.04. The highest BCUT2D eigenvalue weighted by Gasteiger charge is 2.25. The van der Waals surface area contributed by atoms with E-state index in [0.717, 1.165) is 4.43 Å². The summed E-state index contributed by atoms with van der Waals surface area (Å²) in [4.78, 5) is 0. The van der Waals surface area contributed by atoms with Crippen molar-refractivity contribution in [3.8, 4) is 0 Å². The molecule has 0 aliphatic heterocycles. The molecule has 0 saturated heterocycles. The van der Waals surface area contributed by atoms with Gasteiger partial charge in [0.05, 0.1) is 0 Å². The molecule has 0 N–H and O–H groups in total. The molecule has 0 aliphatic carbocycles. The summed E-state index contributed by atoms with van der Waals surface area (Å²) in [6.07, 6.45) is 1.65. The quantitative estimate of drug-likeness (QED) is 0.403. The monoisotopic (exact) mass is 260 g/mol. The van der Waals surface area contributed by atoms with Gasteiger partial charge < -0.3 is 0 Å². The van der Waals surface area contributed by atoms with Crippen molar-refractivity contribution < 1.29 is 8.78 Å². The summed E-state index contributed by atoms with van der Waals surface area (Å²) in [5.41, 5.74) is 0. The Hall–Kier alpha value is 0.330. The summed E-state index contributed by atoms with van der Waals surface area (Å²) in [7, 11) is 0. The SMILES string of the molecule is C=CCC(F)(F)CCCI. The maximum absolute atomic E-state index is 12.5. The molecule has 0 rings (SSSR count). The fraction of sp³-hybridized carbons (Fsp3) is 0.714. The third-order valence-electron chi connectivity index (χ3n) is 1.12. The first-order chi connectivity index (χ1) is 4.62. The van der Waals surface area contributed by atoms with Crippen LogP contribution in [0.25, 0.3) is 0 Å². The van der Waals surface area contributed by atoms with Crippen LogP contribution in [0.2, 0.25) is 0 Å².